The molecule has 3 heterocycles. The molecular formula is C26H33ClFN3O6. The van der Waals surface area contributed by atoms with Crippen molar-refractivity contribution in [3.8, 4) is 5.88 Å². The number of carbonyl (C=O) groups excluding carboxylic acids is 2. The van der Waals surface area contributed by atoms with Gasteiger partial charge in [0, 0.05) is 32.5 Å². The summed E-state index contributed by atoms with van der Waals surface area (Å²) in [5.74, 6) is -2.92. The van der Waals surface area contributed by atoms with E-state index in [1.165, 1.54) is 19.2 Å². The SMILES string of the molecule is COc1nc2c(C3CC[C@@H]4CCN(C(=O)OC(C)(C)C)C[C@@H]4C(=O)OC(C)(C)O3)c(F)ccc2nc1Cl. The predicted molar refractivity (Wildman–Crippen MR) is 134 cm³/mol. The zero-order valence-electron chi connectivity index (χ0n) is 22.0. The van der Waals surface area contributed by atoms with Crippen LogP contribution in [0, 0.1) is 17.7 Å². The molecule has 202 valence electrons. The summed E-state index contributed by atoms with van der Waals surface area (Å²) in [6, 6.07) is 2.79. The number of halogens is 2. The zero-order chi connectivity index (χ0) is 27.1. The Bertz CT molecular complexity index is 1200. The minimum atomic E-state index is -1.37. The Morgan fingerprint density at radius 3 is 2.62 bits per heavy atom. The van der Waals surface area contributed by atoms with Crippen molar-refractivity contribution >= 4 is 34.7 Å². The molecule has 0 bridgehead atoms. The number of piperidine rings is 1. The van der Waals surface area contributed by atoms with Crippen molar-refractivity contribution in [1.29, 1.82) is 0 Å². The van der Waals surface area contributed by atoms with Crippen LogP contribution >= 0.6 is 11.6 Å². The van der Waals surface area contributed by atoms with Crippen LogP contribution in [0.1, 0.15) is 65.5 Å². The molecule has 0 spiro atoms. The fourth-order valence-corrected chi connectivity index (χ4v) is 5.15. The Morgan fingerprint density at radius 1 is 1.22 bits per heavy atom. The molecule has 9 nitrogen and oxygen atoms in total. The maximum Gasteiger partial charge on any atom is 0.410 e. The molecule has 2 aromatic rings. The third kappa shape index (κ3) is 6.06. The highest BCUT2D eigenvalue weighted by molar-refractivity contribution is 6.31. The standard InChI is InChI=1S/C26H33ClFN3O6/c1-25(2,3)37-24(33)31-12-11-14-7-10-18(35-26(4,5)36-23(32)15(14)13-31)19-16(28)8-9-17-20(19)30-22(34-6)21(27)29-17/h8-9,14-15,18H,7,10-13H2,1-6H3/t14-,15+,18?/m1/s1. The van der Waals surface area contributed by atoms with Crippen LogP contribution < -0.4 is 4.74 Å². The minimum absolute atomic E-state index is 0.0665. The number of likely N-dealkylation sites (tertiary alicyclic amines) is 1. The van der Waals surface area contributed by atoms with Crippen LogP contribution in [-0.4, -0.2) is 58.5 Å². The molecule has 0 saturated carbocycles. The molecule has 0 radical (unpaired) electrons. The first-order chi connectivity index (χ1) is 17.3. The van der Waals surface area contributed by atoms with Crippen LogP contribution in [0.4, 0.5) is 9.18 Å². The second-order valence-electron chi connectivity index (χ2n) is 10.9. The van der Waals surface area contributed by atoms with Gasteiger partial charge >= 0.3 is 12.1 Å². The van der Waals surface area contributed by atoms with Gasteiger partial charge < -0.3 is 23.8 Å². The summed E-state index contributed by atoms with van der Waals surface area (Å²) in [5, 5.41) is 0.0665. The van der Waals surface area contributed by atoms with Gasteiger partial charge in [-0.05, 0) is 58.1 Å². The number of cyclic esters (lactones) is 1. The summed E-state index contributed by atoms with van der Waals surface area (Å²) < 4.78 is 38.0. The number of hydrogen-bond donors (Lipinski definition) is 0. The highest BCUT2D eigenvalue weighted by Gasteiger charge is 2.43. The van der Waals surface area contributed by atoms with E-state index in [1.54, 1.807) is 39.5 Å². The van der Waals surface area contributed by atoms with E-state index in [0.717, 1.165) is 0 Å². The highest BCUT2D eigenvalue weighted by atomic mass is 35.5. The number of nitrogens with zero attached hydrogens (tertiary/aromatic N) is 3. The van der Waals surface area contributed by atoms with Gasteiger partial charge in [0.15, 0.2) is 5.15 Å². The zero-order valence-corrected chi connectivity index (χ0v) is 22.7. The fraction of sp³-hybridized carbons (Fsp3) is 0.615. The van der Waals surface area contributed by atoms with Crippen molar-refractivity contribution in [2.24, 2.45) is 11.8 Å². The largest absolute Gasteiger partial charge is 0.479 e. The minimum Gasteiger partial charge on any atom is -0.479 e. The van der Waals surface area contributed by atoms with Gasteiger partial charge in [-0.2, -0.15) is 0 Å². The molecule has 0 aliphatic carbocycles. The van der Waals surface area contributed by atoms with Crippen molar-refractivity contribution in [1.82, 2.24) is 14.9 Å². The van der Waals surface area contributed by atoms with Gasteiger partial charge in [0.25, 0.3) is 5.88 Å². The average Bonchev–Trinajstić information content (AvgIpc) is 2.84. The van der Waals surface area contributed by atoms with Crippen LogP contribution in [0.15, 0.2) is 12.1 Å². The van der Waals surface area contributed by atoms with E-state index in [9.17, 15) is 9.59 Å². The van der Waals surface area contributed by atoms with E-state index < -0.39 is 41.3 Å². The fourth-order valence-electron chi connectivity index (χ4n) is 4.93. The Kier molecular flexibility index (Phi) is 7.54. The van der Waals surface area contributed by atoms with Gasteiger partial charge in [0.2, 0.25) is 5.79 Å². The molecule has 2 saturated heterocycles. The number of hydrogen-bond acceptors (Lipinski definition) is 8. The first kappa shape index (κ1) is 27.3. The van der Waals surface area contributed by atoms with Gasteiger partial charge in [-0.3, -0.25) is 4.79 Å². The molecule has 2 aliphatic heterocycles. The molecule has 1 aromatic carbocycles. The number of carbonyl (C=O) groups is 2. The average molecular weight is 538 g/mol. The number of aromatic nitrogens is 2. The Hall–Kier alpha value is -2.72. The van der Waals surface area contributed by atoms with Crippen molar-refractivity contribution in [3.05, 3.63) is 28.7 Å². The monoisotopic (exact) mass is 537 g/mol. The van der Waals surface area contributed by atoms with Gasteiger partial charge in [-0.15, -0.1) is 0 Å². The molecule has 37 heavy (non-hydrogen) atoms. The van der Waals surface area contributed by atoms with Crippen LogP contribution in [0.25, 0.3) is 11.0 Å². The van der Waals surface area contributed by atoms with Crippen molar-refractivity contribution in [2.75, 3.05) is 20.2 Å². The number of rotatable bonds is 2. The molecule has 1 aromatic heterocycles. The lowest BCUT2D eigenvalue weighted by atomic mass is 9.81. The Balaban J connectivity index is 1.65. The predicted octanol–water partition coefficient (Wildman–Crippen LogP) is 5.43. The number of fused-ring (bicyclic) bond motifs is 2. The van der Waals surface area contributed by atoms with Crippen LogP contribution in [-0.2, 0) is 19.0 Å². The third-order valence-electron chi connectivity index (χ3n) is 6.55. The quantitative estimate of drug-likeness (QED) is 0.467. The van der Waals surface area contributed by atoms with Crippen LogP contribution in [0.5, 0.6) is 5.88 Å². The van der Waals surface area contributed by atoms with Gasteiger partial charge in [0.1, 0.15) is 16.9 Å². The molecule has 3 atom stereocenters. The van der Waals surface area contributed by atoms with E-state index in [4.69, 9.17) is 30.5 Å². The second-order valence-corrected chi connectivity index (χ2v) is 11.3. The summed E-state index contributed by atoms with van der Waals surface area (Å²) in [6.07, 6.45) is 0.283. The summed E-state index contributed by atoms with van der Waals surface area (Å²) in [5.41, 5.74) is 0.218. The normalized spacial score (nSPS) is 24.4. The molecule has 0 N–H and O–H groups in total. The van der Waals surface area contributed by atoms with Gasteiger partial charge in [0.05, 0.1) is 24.6 Å². The number of methoxy groups -OCH3 is 1. The first-order valence-electron chi connectivity index (χ1n) is 12.4. The highest BCUT2D eigenvalue weighted by Crippen LogP contribution is 2.41. The van der Waals surface area contributed by atoms with Crippen molar-refractivity contribution in [3.63, 3.8) is 0 Å². The van der Waals surface area contributed by atoms with Gasteiger partial charge in [-0.1, -0.05) is 11.6 Å². The molecular weight excluding hydrogens is 505 g/mol. The molecule has 1 unspecified atom stereocenters. The molecule has 4 rings (SSSR count). The maximum absolute atomic E-state index is 15.3. The number of amides is 1. The van der Waals surface area contributed by atoms with Crippen LogP contribution in [0.3, 0.4) is 0 Å². The third-order valence-corrected chi connectivity index (χ3v) is 6.79. The lowest BCUT2D eigenvalue weighted by Crippen LogP contribution is -2.49. The summed E-state index contributed by atoms with van der Waals surface area (Å²) >= 11 is 6.14. The molecule has 1 amide bonds. The van der Waals surface area contributed by atoms with Gasteiger partial charge in [-0.25, -0.2) is 19.2 Å². The summed E-state index contributed by atoms with van der Waals surface area (Å²) in [4.78, 5) is 36.2. The lowest BCUT2D eigenvalue weighted by Gasteiger charge is -2.38. The Morgan fingerprint density at radius 2 is 1.95 bits per heavy atom. The summed E-state index contributed by atoms with van der Waals surface area (Å²) in [7, 11) is 1.41. The van der Waals surface area contributed by atoms with E-state index in [1.807, 2.05) is 0 Å². The maximum atomic E-state index is 15.3. The van der Waals surface area contributed by atoms with E-state index in [-0.39, 0.29) is 34.6 Å². The summed E-state index contributed by atoms with van der Waals surface area (Å²) in [6.45, 7) is 9.24. The topological polar surface area (TPSA) is 100 Å². The smallest absolute Gasteiger partial charge is 0.410 e. The van der Waals surface area contributed by atoms with Crippen molar-refractivity contribution in [2.45, 2.75) is 71.4 Å². The molecule has 11 heteroatoms. The number of ether oxygens (including phenoxy) is 4. The second kappa shape index (κ2) is 10.2. The molecule has 2 fully saturated rings. The van der Waals surface area contributed by atoms with Crippen LogP contribution in [0.2, 0.25) is 5.15 Å². The number of esters is 1. The van der Waals surface area contributed by atoms with E-state index >= 15 is 4.39 Å². The van der Waals surface area contributed by atoms with E-state index in [2.05, 4.69) is 9.97 Å². The Labute approximate surface area is 220 Å². The number of benzene rings is 1. The van der Waals surface area contributed by atoms with E-state index in [0.29, 0.717) is 31.3 Å². The first-order valence-corrected chi connectivity index (χ1v) is 12.7. The van der Waals surface area contributed by atoms with Crippen molar-refractivity contribution < 1.29 is 32.9 Å². The lowest BCUT2D eigenvalue weighted by molar-refractivity contribution is -0.236. The molecule has 2 aliphatic rings.